The molecule has 2 N–H and O–H groups in total. The monoisotopic (exact) mass is 288 g/mol. The van der Waals surface area contributed by atoms with E-state index in [-0.39, 0.29) is 0 Å². The van der Waals surface area contributed by atoms with Crippen molar-refractivity contribution in [3.05, 3.63) is 33.3 Å². The highest BCUT2D eigenvalue weighted by molar-refractivity contribution is 9.10. The lowest BCUT2D eigenvalue weighted by molar-refractivity contribution is 0.366. The van der Waals surface area contributed by atoms with Gasteiger partial charge in [-0.05, 0) is 30.7 Å². The molecule has 2 atom stereocenters. The van der Waals surface area contributed by atoms with Crippen LogP contribution in [-0.2, 0) is 0 Å². The molecule has 1 heterocycles. The van der Waals surface area contributed by atoms with Crippen LogP contribution in [0.4, 0.5) is 0 Å². The zero-order valence-corrected chi connectivity index (χ0v) is 10.9. The molecule has 2 nitrogen and oxygen atoms in total. The van der Waals surface area contributed by atoms with Gasteiger partial charge in [0.2, 0.25) is 0 Å². The van der Waals surface area contributed by atoms with Gasteiger partial charge in [0.15, 0.2) is 0 Å². The molecule has 82 valence electrons. The summed E-state index contributed by atoms with van der Waals surface area (Å²) in [6.07, 6.45) is 0. The van der Waals surface area contributed by atoms with Crippen LogP contribution in [0.1, 0.15) is 18.5 Å². The van der Waals surface area contributed by atoms with Crippen LogP contribution in [0.25, 0.3) is 0 Å². The van der Waals surface area contributed by atoms with Crippen LogP contribution >= 0.6 is 27.5 Å². The molecule has 1 saturated heterocycles. The minimum absolute atomic E-state index is 0.358. The van der Waals surface area contributed by atoms with Gasteiger partial charge in [0, 0.05) is 34.7 Å². The third kappa shape index (κ3) is 2.94. The van der Waals surface area contributed by atoms with E-state index in [9.17, 15) is 0 Å². The largest absolute Gasteiger partial charge is 0.311 e. The first-order chi connectivity index (χ1) is 7.15. The van der Waals surface area contributed by atoms with Gasteiger partial charge in [-0.1, -0.05) is 27.5 Å². The summed E-state index contributed by atoms with van der Waals surface area (Å²) in [5.74, 6) is 0. The second-order valence-corrected chi connectivity index (χ2v) is 5.33. The lowest BCUT2D eigenvalue weighted by atomic mass is 10.0. The first kappa shape index (κ1) is 11.4. The molecule has 0 bridgehead atoms. The molecule has 4 heteroatoms. The third-order valence-corrected chi connectivity index (χ3v) is 3.30. The van der Waals surface area contributed by atoms with Crippen molar-refractivity contribution in [3.63, 3.8) is 0 Å². The summed E-state index contributed by atoms with van der Waals surface area (Å²) in [6, 6.07) is 6.94. The summed E-state index contributed by atoms with van der Waals surface area (Å²) >= 11 is 9.48. The second kappa shape index (κ2) is 4.83. The van der Waals surface area contributed by atoms with Crippen molar-refractivity contribution in [1.29, 1.82) is 0 Å². The number of hydrogen-bond acceptors (Lipinski definition) is 2. The highest BCUT2D eigenvalue weighted by Crippen LogP contribution is 2.24. The van der Waals surface area contributed by atoms with E-state index >= 15 is 0 Å². The van der Waals surface area contributed by atoms with Crippen LogP contribution in [0, 0.1) is 0 Å². The summed E-state index contributed by atoms with van der Waals surface area (Å²) in [7, 11) is 0. The number of benzene rings is 1. The van der Waals surface area contributed by atoms with Gasteiger partial charge in [0.1, 0.15) is 0 Å². The first-order valence-electron chi connectivity index (χ1n) is 5.08. The predicted octanol–water partition coefficient (Wildman–Crippen LogP) is 2.72. The molecule has 1 aromatic rings. The van der Waals surface area contributed by atoms with Crippen LogP contribution in [0.3, 0.4) is 0 Å². The van der Waals surface area contributed by atoms with E-state index in [1.165, 1.54) is 5.56 Å². The number of nitrogens with one attached hydrogen (secondary N) is 2. The van der Waals surface area contributed by atoms with Crippen molar-refractivity contribution in [3.8, 4) is 0 Å². The smallest absolute Gasteiger partial charge is 0.0448 e. The quantitative estimate of drug-likeness (QED) is 0.831. The second-order valence-electron chi connectivity index (χ2n) is 3.97. The van der Waals surface area contributed by atoms with Crippen LogP contribution in [0.15, 0.2) is 22.7 Å². The summed E-state index contributed by atoms with van der Waals surface area (Å²) in [4.78, 5) is 0. The molecule has 0 spiro atoms. The maximum absolute atomic E-state index is 6.02. The molecule has 1 aromatic carbocycles. The summed E-state index contributed by atoms with van der Waals surface area (Å²) in [5, 5.41) is 7.72. The molecule has 1 aliphatic heterocycles. The van der Waals surface area contributed by atoms with Gasteiger partial charge in [-0.3, -0.25) is 0 Å². The van der Waals surface area contributed by atoms with Crippen molar-refractivity contribution in [2.24, 2.45) is 0 Å². The number of hydrogen-bond donors (Lipinski definition) is 2. The standard InChI is InChI=1S/C11H14BrClN2/c1-7-5-15-11(6-14-7)8-2-9(12)4-10(13)3-8/h2-4,7,11,14-15H,5-6H2,1H3. The Kier molecular flexibility index (Phi) is 3.67. The fraction of sp³-hybridized carbons (Fsp3) is 0.455. The average Bonchev–Trinajstić information content (AvgIpc) is 2.17. The number of halogens is 2. The van der Waals surface area contributed by atoms with Gasteiger partial charge < -0.3 is 10.6 Å². The molecule has 15 heavy (non-hydrogen) atoms. The zero-order chi connectivity index (χ0) is 10.8. The molecule has 0 amide bonds. The Morgan fingerprint density at radius 3 is 2.67 bits per heavy atom. The van der Waals surface area contributed by atoms with Crippen molar-refractivity contribution in [1.82, 2.24) is 10.6 Å². The van der Waals surface area contributed by atoms with Gasteiger partial charge >= 0.3 is 0 Å². The normalized spacial score (nSPS) is 26.6. The SMILES string of the molecule is CC1CNC(c2cc(Cl)cc(Br)c2)CN1. The summed E-state index contributed by atoms with van der Waals surface area (Å²) in [5.41, 5.74) is 1.23. The topological polar surface area (TPSA) is 24.1 Å². The van der Waals surface area contributed by atoms with Crippen molar-refractivity contribution in [2.75, 3.05) is 13.1 Å². The Morgan fingerprint density at radius 1 is 1.27 bits per heavy atom. The Balaban J connectivity index is 2.15. The van der Waals surface area contributed by atoms with Crippen molar-refractivity contribution < 1.29 is 0 Å². The molecule has 2 rings (SSSR count). The van der Waals surface area contributed by atoms with E-state index in [0.29, 0.717) is 12.1 Å². The number of piperazine rings is 1. The summed E-state index contributed by atoms with van der Waals surface area (Å²) < 4.78 is 1.03. The molecule has 0 aromatic heterocycles. The van der Waals surface area contributed by atoms with Gasteiger partial charge in [-0.15, -0.1) is 0 Å². The van der Waals surface area contributed by atoms with Crippen LogP contribution in [0.5, 0.6) is 0 Å². The van der Waals surface area contributed by atoms with Crippen molar-refractivity contribution in [2.45, 2.75) is 19.0 Å². The minimum Gasteiger partial charge on any atom is -0.311 e. The molecule has 1 fully saturated rings. The molecule has 0 saturated carbocycles. The Labute approximate surface area is 104 Å². The molecular formula is C11H14BrClN2. The lowest BCUT2D eigenvalue weighted by Gasteiger charge is -2.29. The van der Waals surface area contributed by atoms with Gasteiger partial charge in [-0.2, -0.15) is 0 Å². The van der Waals surface area contributed by atoms with Gasteiger partial charge in [0.05, 0.1) is 0 Å². The fourth-order valence-corrected chi connectivity index (χ4v) is 2.68. The van der Waals surface area contributed by atoms with Crippen LogP contribution < -0.4 is 10.6 Å². The highest BCUT2D eigenvalue weighted by Gasteiger charge is 2.18. The Bertz CT molecular complexity index is 328. The maximum atomic E-state index is 6.02. The van der Waals surface area contributed by atoms with E-state index in [1.807, 2.05) is 12.1 Å². The molecule has 0 radical (unpaired) electrons. The van der Waals surface area contributed by atoms with Crippen LogP contribution in [-0.4, -0.2) is 19.1 Å². The predicted molar refractivity (Wildman–Crippen MR) is 67.4 cm³/mol. The highest BCUT2D eigenvalue weighted by atomic mass is 79.9. The third-order valence-electron chi connectivity index (χ3n) is 2.63. The maximum Gasteiger partial charge on any atom is 0.0448 e. The molecule has 2 unspecified atom stereocenters. The first-order valence-corrected chi connectivity index (χ1v) is 6.25. The Morgan fingerprint density at radius 2 is 2.07 bits per heavy atom. The summed E-state index contributed by atoms with van der Waals surface area (Å²) in [6.45, 7) is 4.12. The van der Waals surface area contributed by atoms with Crippen LogP contribution in [0.2, 0.25) is 5.02 Å². The average molecular weight is 290 g/mol. The van der Waals surface area contributed by atoms with E-state index in [2.05, 4.69) is 39.6 Å². The zero-order valence-electron chi connectivity index (χ0n) is 8.56. The van der Waals surface area contributed by atoms with E-state index in [4.69, 9.17) is 11.6 Å². The van der Waals surface area contributed by atoms with E-state index < -0.39 is 0 Å². The Hall–Kier alpha value is -0.0900. The van der Waals surface area contributed by atoms with E-state index in [1.54, 1.807) is 0 Å². The fourth-order valence-electron chi connectivity index (χ4n) is 1.79. The molecule has 0 aliphatic carbocycles. The van der Waals surface area contributed by atoms with Gasteiger partial charge in [0.25, 0.3) is 0 Å². The minimum atomic E-state index is 0.358. The lowest BCUT2D eigenvalue weighted by Crippen LogP contribution is -2.48. The van der Waals surface area contributed by atoms with Gasteiger partial charge in [-0.25, -0.2) is 0 Å². The van der Waals surface area contributed by atoms with Crippen molar-refractivity contribution >= 4 is 27.5 Å². The molecule has 1 aliphatic rings. The number of rotatable bonds is 1. The van der Waals surface area contributed by atoms with E-state index in [0.717, 1.165) is 22.6 Å². The molecular weight excluding hydrogens is 275 g/mol.